The normalized spacial score (nSPS) is 23.9. The highest BCUT2D eigenvalue weighted by atomic mass is 19.1. The van der Waals surface area contributed by atoms with Gasteiger partial charge in [0.05, 0.1) is 12.6 Å². The highest BCUT2D eigenvalue weighted by Crippen LogP contribution is 2.35. The average molecular weight is 233 g/mol. The fraction of sp³-hybridized carbons (Fsp3) is 0.462. The van der Waals surface area contributed by atoms with Gasteiger partial charge < -0.3 is 10.6 Å². The van der Waals surface area contributed by atoms with Gasteiger partial charge in [-0.25, -0.2) is 4.39 Å². The SMILES string of the molecule is NC1=NCC(c2ccccc2F)N1CC1CC1. The standard InChI is InChI=1S/C13H16FN3/c14-11-4-2-1-3-10(11)12-7-16-13(15)17(12)8-9-5-6-9/h1-4,9,12H,5-8H2,(H2,15,16). The van der Waals surface area contributed by atoms with E-state index >= 15 is 0 Å². The molecule has 1 fully saturated rings. The van der Waals surface area contributed by atoms with Gasteiger partial charge in [-0.05, 0) is 24.8 Å². The third-order valence-corrected chi connectivity index (χ3v) is 3.51. The van der Waals surface area contributed by atoms with Gasteiger partial charge in [-0.3, -0.25) is 4.99 Å². The van der Waals surface area contributed by atoms with E-state index in [9.17, 15) is 4.39 Å². The molecule has 3 rings (SSSR count). The lowest BCUT2D eigenvalue weighted by Gasteiger charge is -2.26. The van der Waals surface area contributed by atoms with Crippen molar-refractivity contribution in [3.8, 4) is 0 Å². The van der Waals surface area contributed by atoms with Crippen molar-refractivity contribution in [3.05, 3.63) is 35.6 Å². The van der Waals surface area contributed by atoms with Gasteiger partial charge in [0.15, 0.2) is 5.96 Å². The first-order valence-electron chi connectivity index (χ1n) is 6.06. The fourth-order valence-electron chi connectivity index (χ4n) is 2.34. The molecular formula is C13H16FN3. The van der Waals surface area contributed by atoms with Crippen LogP contribution < -0.4 is 5.73 Å². The molecule has 4 heteroatoms. The molecular weight excluding hydrogens is 217 g/mol. The molecule has 1 aromatic carbocycles. The molecule has 0 radical (unpaired) electrons. The Hall–Kier alpha value is -1.58. The smallest absolute Gasteiger partial charge is 0.191 e. The van der Waals surface area contributed by atoms with E-state index in [1.165, 1.54) is 18.9 Å². The first kappa shape index (κ1) is 10.6. The van der Waals surface area contributed by atoms with Crippen molar-refractivity contribution in [3.63, 3.8) is 0 Å². The van der Waals surface area contributed by atoms with E-state index < -0.39 is 0 Å². The van der Waals surface area contributed by atoms with Crippen molar-refractivity contribution in [1.82, 2.24) is 4.90 Å². The van der Waals surface area contributed by atoms with Crippen molar-refractivity contribution in [2.75, 3.05) is 13.1 Å². The zero-order chi connectivity index (χ0) is 11.8. The minimum atomic E-state index is -0.164. The van der Waals surface area contributed by atoms with Crippen LogP contribution >= 0.6 is 0 Å². The van der Waals surface area contributed by atoms with Crippen LogP contribution in [0.2, 0.25) is 0 Å². The van der Waals surface area contributed by atoms with Crippen LogP contribution in [0.3, 0.4) is 0 Å². The predicted molar refractivity (Wildman–Crippen MR) is 65.1 cm³/mol. The Bertz CT molecular complexity index is 454. The summed E-state index contributed by atoms with van der Waals surface area (Å²) in [5.74, 6) is 1.12. The Labute approximate surface area is 100 Å². The van der Waals surface area contributed by atoms with E-state index in [-0.39, 0.29) is 11.9 Å². The lowest BCUT2D eigenvalue weighted by atomic mass is 10.1. The number of guanidine groups is 1. The Morgan fingerprint density at radius 1 is 1.35 bits per heavy atom. The molecule has 1 aliphatic heterocycles. The van der Waals surface area contributed by atoms with Crippen molar-refractivity contribution < 1.29 is 4.39 Å². The molecule has 0 aromatic heterocycles. The predicted octanol–water partition coefficient (Wildman–Crippen LogP) is 1.91. The van der Waals surface area contributed by atoms with Gasteiger partial charge in [-0.15, -0.1) is 0 Å². The molecule has 0 spiro atoms. The van der Waals surface area contributed by atoms with E-state index in [0.717, 1.165) is 12.5 Å². The summed E-state index contributed by atoms with van der Waals surface area (Å²) in [6.45, 7) is 1.48. The molecule has 3 nitrogen and oxygen atoms in total. The quantitative estimate of drug-likeness (QED) is 0.866. The minimum Gasteiger partial charge on any atom is -0.370 e. The summed E-state index contributed by atoms with van der Waals surface area (Å²) in [6, 6.07) is 6.88. The number of hydrogen-bond acceptors (Lipinski definition) is 3. The first-order valence-corrected chi connectivity index (χ1v) is 6.06. The van der Waals surface area contributed by atoms with Gasteiger partial charge >= 0.3 is 0 Å². The third kappa shape index (κ3) is 1.99. The summed E-state index contributed by atoms with van der Waals surface area (Å²) in [7, 11) is 0. The number of benzene rings is 1. The zero-order valence-electron chi connectivity index (χ0n) is 9.64. The Balaban J connectivity index is 1.84. The molecule has 1 saturated carbocycles. The fourth-order valence-corrected chi connectivity index (χ4v) is 2.34. The second-order valence-electron chi connectivity index (χ2n) is 4.83. The lowest BCUT2D eigenvalue weighted by Crippen LogP contribution is -2.37. The van der Waals surface area contributed by atoms with Gasteiger partial charge in [-0.2, -0.15) is 0 Å². The van der Waals surface area contributed by atoms with Crippen molar-refractivity contribution >= 4 is 5.96 Å². The van der Waals surface area contributed by atoms with Gasteiger partial charge in [0.1, 0.15) is 5.82 Å². The molecule has 90 valence electrons. The second-order valence-corrected chi connectivity index (χ2v) is 4.83. The molecule has 17 heavy (non-hydrogen) atoms. The van der Waals surface area contributed by atoms with Crippen LogP contribution in [0.25, 0.3) is 0 Å². The molecule has 1 aliphatic carbocycles. The summed E-state index contributed by atoms with van der Waals surface area (Å²) < 4.78 is 13.8. The molecule has 1 aromatic rings. The van der Waals surface area contributed by atoms with Crippen molar-refractivity contribution in [2.24, 2.45) is 16.6 Å². The Morgan fingerprint density at radius 3 is 2.82 bits per heavy atom. The monoisotopic (exact) mass is 233 g/mol. The van der Waals surface area contributed by atoms with Gasteiger partial charge in [0.25, 0.3) is 0 Å². The van der Waals surface area contributed by atoms with Crippen LogP contribution in [-0.2, 0) is 0 Å². The summed E-state index contributed by atoms with van der Waals surface area (Å²) in [4.78, 5) is 6.30. The van der Waals surface area contributed by atoms with Gasteiger partial charge in [0, 0.05) is 12.1 Å². The van der Waals surface area contributed by atoms with E-state index in [4.69, 9.17) is 5.73 Å². The molecule has 2 aliphatic rings. The maximum absolute atomic E-state index is 13.8. The van der Waals surface area contributed by atoms with Crippen LogP contribution in [0, 0.1) is 11.7 Å². The second kappa shape index (κ2) is 4.02. The topological polar surface area (TPSA) is 41.6 Å². The Kier molecular flexibility index (Phi) is 2.50. The van der Waals surface area contributed by atoms with Crippen LogP contribution in [0.1, 0.15) is 24.4 Å². The van der Waals surface area contributed by atoms with E-state index in [2.05, 4.69) is 9.89 Å². The minimum absolute atomic E-state index is 0.0169. The molecule has 1 heterocycles. The number of aliphatic imine (C=N–C) groups is 1. The molecule has 1 unspecified atom stereocenters. The number of rotatable bonds is 3. The molecule has 2 N–H and O–H groups in total. The molecule has 0 bridgehead atoms. The Morgan fingerprint density at radius 2 is 2.12 bits per heavy atom. The molecule has 0 amide bonds. The van der Waals surface area contributed by atoms with Crippen molar-refractivity contribution in [2.45, 2.75) is 18.9 Å². The van der Waals surface area contributed by atoms with Crippen LogP contribution in [0.5, 0.6) is 0 Å². The number of halogens is 1. The highest BCUT2D eigenvalue weighted by Gasteiger charge is 2.33. The van der Waals surface area contributed by atoms with E-state index in [1.807, 2.05) is 12.1 Å². The van der Waals surface area contributed by atoms with Gasteiger partial charge in [0.2, 0.25) is 0 Å². The van der Waals surface area contributed by atoms with E-state index in [0.29, 0.717) is 18.1 Å². The summed E-state index contributed by atoms with van der Waals surface area (Å²) in [5, 5.41) is 0. The zero-order valence-corrected chi connectivity index (χ0v) is 9.64. The summed E-state index contributed by atoms with van der Waals surface area (Å²) >= 11 is 0. The molecule has 1 atom stereocenters. The lowest BCUT2D eigenvalue weighted by molar-refractivity contribution is 0.326. The third-order valence-electron chi connectivity index (χ3n) is 3.51. The number of hydrogen-bond donors (Lipinski definition) is 1. The first-order chi connectivity index (χ1) is 8.25. The summed E-state index contributed by atoms with van der Waals surface area (Å²) in [6.07, 6.45) is 2.52. The van der Waals surface area contributed by atoms with E-state index in [1.54, 1.807) is 6.07 Å². The van der Waals surface area contributed by atoms with Crippen LogP contribution in [0.4, 0.5) is 4.39 Å². The largest absolute Gasteiger partial charge is 0.370 e. The van der Waals surface area contributed by atoms with Crippen molar-refractivity contribution in [1.29, 1.82) is 0 Å². The van der Waals surface area contributed by atoms with Gasteiger partial charge in [-0.1, -0.05) is 18.2 Å². The summed E-state index contributed by atoms with van der Waals surface area (Å²) in [5.41, 5.74) is 6.59. The highest BCUT2D eigenvalue weighted by molar-refractivity contribution is 5.80. The van der Waals surface area contributed by atoms with Crippen LogP contribution in [0.15, 0.2) is 29.3 Å². The maximum Gasteiger partial charge on any atom is 0.191 e. The average Bonchev–Trinajstić information content (AvgIpc) is 3.06. The maximum atomic E-state index is 13.8. The number of nitrogens with zero attached hydrogens (tertiary/aromatic N) is 2. The number of nitrogens with two attached hydrogens (primary N) is 1. The van der Waals surface area contributed by atoms with Crippen LogP contribution in [-0.4, -0.2) is 23.9 Å². The molecule has 0 saturated heterocycles.